The highest BCUT2D eigenvalue weighted by atomic mass is 32.2. The zero-order valence-electron chi connectivity index (χ0n) is 16.9. The number of amides is 1. The fourth-order valence-corrected chi connectivity index (χ4v) is 4.58. The maximum atomic E-state index is 12.8. The highest BCUT2D eigenvalue weighted by Gasteiger charge is 2.24. The predicted molar refractivity (Wildman–Crippen MR) is 108 cm³/mol. The number of carbonyl (C=O) groups is 1. The lowest BCUT2D eigenvalue weighted by Crippen LogP contribution is -2.31. The largest absolute Gasteiger partial charge is 0.339 e. The third-order valence-corrected chi connectivity index (χ3v) is 6.65. The second-order valence-corrected chi connectivity index (χ2v) is 8.37. The van der Waals surface area contributed by atoms with Gasteiger partial charge in [0.2, 0.25) is 27.6 Å². The molecule has 0 spiro atoms. The molecule has 160 valence electrons. The maximum absolute atomic E-state index is 12.8. The number of aromatic amines is 1. The summed E-state index contributed by atoms with van der Waals surface area (Å²) < 4.78 is 32.2. The van der Waals surface area contributed by atoms with Gasteiger partial charge in [0.1, 0.15) is 6.33 Å². The first-order chi connectivity index (χ1) is 14.3. The molecule has 0 saturated carbocycles. The molecule has 0 aliphatic heterocycles. The van der Waals surface area contributed by atoms with Crippen molar-refractivity contribution in [1.82, 2.24) is 29.6 Å². The Morgan fingerprint density at radius 2 is 2.03 bits per heavy atom. The molecule has 0 atom stereocenters. The molecular weight excluding hydrogens is 410 g/mol. The van der Waals surface area contributed by atoms with E-state index >= 15 is 0 Å². The number of H-pyrrole nitrogens is 1. The minimum absolute atomic E-state index is 0.0873. The highest BCUT2D eigenvalue weighted by molar-refractivity contribution is 7.89. The molecule has 0 fully saturated rings. The molecule has 30 heavy (non-hydrogen) atoms. The van der Waals surface area contributed by atoms with Crippen LogP contribution in [0.2, 0.25) is 0 Å². The maximum Gasteiger partial charge on any atom is 0.243 e. The van der Waals surface area contributed by atoms with Crippen molar-refractivity contribution in [2.24, 2.45) is 0 Å². The SMILES string of the molecule is CCN(CC)S(=O)(=O)c1cc(NC(=O)CCc2nc(-c3ncn[nH]3)no2)ccc1C. The summed E-state index contributed by atoms with van der Waals surface area (Å²) in [5, 5.41) is 12.8. The summed E-state index contributed by atoms with van der Waals surface area (Å²) in [7, 11) is -3.63. The minimum Gasteiger partial charge on any atom is -0.339 e. The standard InChI is InChI=1S/C18H23N7O4S/c1-4-25(5-2)30(27,28)14-10-13(7-6-12(14)3)21-15(26)8-9-16-22-18(24-29-16)17-19-11-20-23-17/h6-7,10-11H,4-5,8-9H2,1-3H3,(H,21,26)(H,19,20,23). The van der Waals surface area contributed by atoms with Crippen molar-refractivity contribution < 1.29 is 17.7 Å². The van der Waals surface area contributed by atoms with Gasteiger partial charge in [-0.15, -0.1) is 0 Å². The number of nitrogens with one attached hydrogen (secondary N) is 2. The topological polar surface area (TPSA) is 147 Å². The Morgan fingerprint density at radius 1 is 1.27 bits per heavy atom. The Kier molecular flexibility index (Phi) is 6.57. The summed E-state index contributed by atoms with van der Waals surface area (Å²) in [5.41, 5.74) is 1.02. The van der Waals surface area contributed by atoms with Crippen LogP contribution in [0.25, 0.3) is 11.6 Å². The quantitative estimate of drug-likeness (QED) is 0.519. The van der Waals surface area contributed by atoms with E-state index in [2.05, 4.69) is 30.6 Å². The molecule has 0 bridgehead atoms. The number of nitrogens with zero attached hydrogens (tertiary/aromatic N) is 5. The second-order valence-electron chi connectivity index (χ2n) is 6.46. The molecule has 3 rings (SSSR count). The number of aryl methyl sites for hydroxylation is 2. The van der Waals surface area contributed by atoms with Gasteiger partial charge >= 0.3 is 0 Å². The molecule has 2 heterocycles. The van der Waals surface area contributed by atoms with E-state index in [4.69, 9.17) is 4.52 Å². The number of benzene rings is 1. The summed E-state index contributed by atoms with van der Waals surface area (Å²) in [4.78, 5) is 20.6. The molecule has 12 heteroatoms. The Hall–Kier alpha value is -3.12. The van der Waals surface area contributed by atoms with E-state index in [0.29, 0.717) is 30.2 Å². The summed E-state index contributed by atoms with van der Waals surface area (Å²) in [6, 6.07) is 4.83. The minimum atomic E-state index is -3.63. The number of carbonyl (C=O) groups excluding carboxylic acids is 1. The normalized spacial score (nSPS) is 11.7. The third-order valence-electron chi connectivity index (χ3n) is 4.46. The first kappa shape index (κ1) is 21.6. The molecule has 0 saturated heterocycles. The van der Waals surface area contributed by atoms with Crippen LogP contribution < -0.4 is 5.32 Å². The van der Waals surface area contributed by atoms with Crippen LogP contribution in [0, 0.1) is 6.92 Å². The van der Waals surface area contributed by atoms with E-state index in [1.807, 2.05) is 0 Å². The number of hydrogen-bond donors (Lipinski definition) is 2. The van der Waals surface area contributed by atoms with Gasteiger partial charge in [0.25, 0.3) is 0 Å². The van der Waals surface area contributed by atoms with Crippen molar-refractivity contribution in [3.05, 3.63) is 36.0 Å². The Labute approximate surface area is 173 Å². The van der Waals surface area contributed by atoms with Crippen LogP contribution in [0.3, 0.4) is 0 Å². The molecule has 1 aromatic carbocycles. The van der Waals surface area contributed by atoms with Crippen LogP contribution in [-0.4, -0.2) is 57.0 Å². The van der Waals surface area contributed by atoms with Crippen LogP contribution in [-0.2, 0) is 21.2 Å². The molecule has 2 N–H and O–H groups in total. The van der Waals surface area contributed by atoms with Gasteiger partial charge in [-0.3, -0.25) is 9.89 Å². The fourth-order valence-electron chi connectivity index (χ4n) is 2.87. The summed E-state index contributed by atoms with van der Waals surface area (Å²) in [5.74, 6) is 0.610. The molecule has 2 aromatic heterocycles. The average Bonchev–Trinajstić information content (AvgIpc) is 3.40. The highest BCUT2D eigenvalue weighted by Crippen LogP contribution is 2.24. The lowest BCUT2D eigenvalue weighted by Gasteiger charge is -2.20. The summed E-state index contributed by atoms with van der Waals surface area (Å²) in [6.45, 7) is 6.04. The summed E-state index contributed by atoms with van der Waals surface area (Å²) in [6.07, 6.45) is 1.64. The van der Waals surface area contributed by atoms with Crippen molar-refractivity contribution in [3.8, 4) is 11.6 Å². The molecule has 3 aromatic rings. The molecule has 0 aliphatic rings. The molecule has 0 aliphatic carbocycles. The van der Waals surface area contributed by atoms with Crippen LogP contribution >= 0.6 is 0 Å². The molecule has 0 unspecified atom stereocenters. The van der Waals surface area contributed by atoms with Crippen molar-refractivity contribution in [1.29, 1.82) is 0 Å². The monoisotopic (exact) mass is 433 g/mol. The van der Waals surface area contributed by atoms with Gasteiger partial charge in [0, 0.05) is 31.6 Å². The van der Waals surface area contributed by atoms with Crippen LogP contribution in [0.4, 0.5) is 5.69 Å². The van der Waals surface area contributed by atoms with Crippen molar-refractivity contribution >= 4 is 21.6 Å². The van der Waals surface area contributed by atoms with Gasteiger partial charge in [-0.05, 0) is 24.6 Å². The molecule has 1 amide bonds. The van der Waals surface area contributed by atoms with E-state index in [1.165, 1.54) is 16.7 Å². The lowest BCUT2D eigenvalue weighted by atomic mass is 10.2. The number of hydrogen-bond acceptors (Lipinski definition) is 8. The van der Waals surface area contributed by atoms with Gasteiger partial charge < -0.3 is 9.84 Å². The van der Waals surface area contributed by atoms with Crippen molar-refractivity contribution in [2.75, 3.05) is 18.4 Å². The van der Waals surface area contributed by atoms with Gasteiger partial charge in [0.15, 0.2) is 5.82 Å². The molecule has 0 radical (unpaired) electrons. The predicted octanol–water partition coefficient (Wildman–Crippen LogP) is 1.76. The zero-order valence-corrected chi connectivity index (χ0v) is 17.7. The van der Waals surface area contributed by atoms with Crippen LogP contribution in [0.15, 0.2) is 33.9 Å². The first-order valence-corrected chi connectivity index (χ1v) is 10.9. The van der Waals surface area contributed by atoms with Gasteiger partial charge in [0.05, 0.1) is 4.90 Å². The van der Waals surface area contributed by atoms with Gasteiger partial charge in [-0.25, -0.2) is 13.4 Å². The second kappa shape index (κ2) is 9.13. The van der Waals surface area contributed by atoms with E-state index < -0.39 is 10.0 Å². The van der Waals surface area contributed by atoms with Crippen LogP contribution in [0.1, 0.15) is 31.7 Å². The number of rotatable bonds is 9. The third kappa shape index (κ3) is 4.71. The van der Waals surface area contributed by atoms with E-state index in [-0.39, 0.29) is 35.4 Å². The number of aromatic nitrogens is 5. The van der Waals surface area contributed by atoms with E-state index in [9.17, 15) is 13.2 Å². The lowest BCUT2D eigenvalue weighted by molar-refractivity contribution is -0.116. The first-order valence-electron chi connectivity index (χ1n) is 9.44. The smallest absolute Gasteiger partial charge is 0.243 e. The van der Waals surface area contributed by atoms with E-state index in [1.54, 1.807) is 32.9 Å². The zero-order chi connectivity index (χ0) is 21.7. The number of sulfonamides is 1. The van der Waals surface area contributed by atoms with Gasteiger partial charge in [-0.2, -0.15) is 14.4 Å². The Bertz CT molecular complexity index is 1110. The van der Waals surface area contributed by atoms with Gasteiger partial charge in [-0.1, -0.05) is 25.1 Å². The Balaban J connectivity index is 1.66. The summed E-state index contributed by atoms with van der Waals surface area (Å²) >= 11 is 0. The Morgan fingerprint density at radius 3 is 2.70 bits per heavy atom. The number of anilines is 1. The molecular formula is C18H23N7O4S. The average molecular weight is 433 g/mol. The van der Waals surface area contributed by atoms with Crippen LogP contribution in [0.5, 0.6) is 0 Å². The van der Waals surface area contributed by atoms with Crippen molar-refractivity contribution in [2.45, 2.75) is 38.5 Å². The molecule has 11 nitrogen and oxygen atoms in total. The fraction of sp³-hybridized carbons (Fsp3) is 0.389. The van der Waals surface area contributed by atoms with E-state index in [0.717, 1.165) is 0 Å². The van der Waals surface area contributed by atoms with Crippen molar-refractivity contribution in [3.63, 3.8) is 0 Å².